The van der Waals surface area contributed by atoms with Gasteiger partial charge in [-0.1, -0.05) is 23.8 Å². The van der Waals surface area contributed by atoms with E-state index in [4.69, 9.17) is 17.0 Å². The predicted molar refractivity (Wildman–Crippen MR) is 107 cm³/mol. The number of H-pyrrole nitrogens is 1. The van der Waals surface area contributed by atoms with Crippen molar-refractivity contribution in [2.75, 3.05) is 7.11 Å². The molecule has 3 aromatic rings. The van der Waals surface area contributed by atoms with E-state index in [1.807, 2.05) is 43.3 Å². The molecule has 0 bridgehead atoms. The van der Waals surface area contributed by atoms with Gasteiger partial charge in [0.25, 0.3) is 0 Å². The summed E-state index contributed by atoms with van der Waals surface area (Å²) in [5.74, 6) is 1.25. The SMILES string of the molecule is COc1ccc(-c2n[nH]c(=S)n2CC(=O)NCc2ccc(C)cc2C)cc1. The summed E-state index contributed by atoms with van der Waals surface area (Å²) in [6.45, 7) is 4.68. The molecule has 0 spiro atoms. The molecule has 1 aromatic heterocycles. The summed E-state index contributed by atoms with van der Waals surface area (Å²) in [7, 11) is 1.62. The Balaban J connectivity index is 1.72. The quantitative estimate of drug-likeness (QED) is 0.640. The van der Waals surface area contributed by atoms with Crippen LogP contribution in [0.15, 0.2) is 42.5 Å². The Hall–Kier alpha value is -2.93. The highest BCUT2D eigenvalue weighted by Gasteiger charge is 2.13. The van der Waals surface area contributed by atoms with Gasteiger partial charge in [0.1, 0.15) is 12.3 Å². The van der Waals surface area contributed by atoms with Crippen molar-refractivity contribution in [1.29, 1.82) is 0 Å². The van der Waals surface area contributed by atoms with E-state index in [1.165, 1.54) is 5.56 Å². The molecule has 3 rings (SSSR count). The van der Waals surface area contributed by atoms with Crippen LogP contribution >= 0.6 is 12.2 Å². The molecule has 0 radical (unpaired) electrons. The van der Waals surface area contributed by atoms with Crippen LogP contribution in [0.1, 0.15) is 16.7 Å². The maximum atomic E-state index is 12.5. The number of nitrogens with one attached hydrogen (secondary N) is 2. The molecule has 0 aliphatic heterocycles. The fraction of sp³-hybridized carbons (Fsp3) is 0.250. The van der Waals surface area contributed by atoms with Gasteiger partial charge in [0.05, 0.1) is 7.11 Å². The normalized spacial score (nSPS) is 10.6. The zero-order valence-corrected chi connectivity index (χ0v) is 16.4. The van der Waals surface area contributed by atoms with E-state index in [9.17, 15) is 4.79 Å². The number of rotatable bonds is 6. The first kappa shape index (κ1) is 18.8. The van der Waals surface area contributed by atoms with Gasteiger partial charge in [0.2, 0.25) is 5.91 Å². The number of carbonyl (C=O) groups excluding carboxylic acids is 1. The van der Waals surface area contributed by atoms with Crippen LogP contribution < -0.4 is 10.1 Å². The van der Waals surface area contributed by atoms with Crippen molar-refractivity contribution in [1.82, 2.24) is 20.1 Å². The Morgan fingerprint density at radius 1 is 1.22 bits per heavy atom. The van der Waals surface area contributed by atoms with E-state index in [-0.39, 0.29) is 12.5 Å². The summed E-state index contributed by atoms with van der Waals surface area (Å²) < 4.78 is 7.27. The molecule has 0 fully saturated rings. The number of benzene rings is 2. The number of aromatic nitrogens is 3. The van der Waals surface area contributed by atoms with E-state index in [0.29, 0.717) is 17.1 Å². The summed E-state index contributed by atoms with van der Waals surface area (Å²) in [6.07, 6.45) is 0. The second-order valence-electron chi connectivity index (χ2n) is 6.37. The van der Waals surface area contributed by atoms with Crippen LogP contribution in [0.4, 0.5) is 0 Å². The number of hydrogen-bond donors (Lipinski definition) is 2. The third-order valence-corrected chi connectivity index (χ3v) is 4.69. The van der Waals surface area contributed by atoms with Gasteiger partial charge in [-0.2, -0.15) is 5.10 Å². The molecule has 0 saturated heterocycles. The molecule has 2 N–H and O–H groups in total. The lowest BCUT2D eigenvalue weighted by atomic mass is 10.1. The lowest BCUT2D eigenvalue weighted by molar-refractivity contribution is -0.121. The second kappa shape index (κ2) is 8.18. The molecular formula is C20H22N4O2S. The van der Waals surface area contributed by atoms with E-state index in [2.05, 4.69) is 28.5 Å². The van der Waals surface area contributed by atoms with Gasteiger partial charge in [-0.25, -0.2) is 0 Å². The minimum absolute atomic E-state index is 0.0988. The van der Waals surface area contributed by atoms with Gasteiger partial charge in [0.15, 0.2) is 10.6 Å². The van der Waals surface area contributed by atoms with Gasteiger partial charge in [0, 0.05) is 12.1 Å². The first-order valence-corrected chi connectivity index (χ1v) is 9.01. The molecule has 2 aromatic carbocycles. The highest BCUT2D eigenvalue weighted by atomic mass is 32.1. The van der Waals surface area contributed by atoms with Crippen molar-refractivity contribution in [3.05, 3.63) is 63.9 Å². The maximum absolute atomic E-state index is 12.5. The molecule has 140 valence electrons. The first-order chi connectivity index (χ1) is 13.0. The van der Waals surface area contributed by atoms with Crippen molar-refractivity contribution in [2.45, 2.75) is 26.9 Å². The second-order valence-corrected chi connectivity index (χ2v) is 6.76. The molecule has 0 unspecified atom stereocenters. The maximum Gasteiger partial charge on any atom is 0.240 e. The number of nitrogens with zero attached hydrogens (tertiary/aromatic N) is 2. The molecule has 0 atom stereocenters. The van der Waals surface area contributed by atoms with Crippen LogP contribution in [0.3, 0.4) is 0 Å². The van der Waals surface area contributed by atoms with Gasteiger partial charge in [-0.15, -0.1) is 0 Å². The molecule has 6 nitrogen and oxygen atoms in total. The molecule has 27 heavy (non-hydrogen) atoms. The third kappa shape index (κ3) is 4.43. The topological polar surface area (TPSA) is 71.9 Å². The number of hydrogen-bond acceptors (Lipinski definition) is 4. The minimum Gasteiger partial charge on any atom is -0.497 e. The lowest BCUT2D eigenvalue weighted by Gasteiger charge is -2.10. The van der Waals surface area contributed by atoms with Crippen molar-refractivity contribution in [2.24, 2.45) is 0 Å². The summed E-state index contributed by atoms with van der Waals surface area (Å²) in [4.78, 5) is 12.5. The van der Waals surface area contributed by atoms with Crippen LogP contribution in [0, 0.1) is 18.6 Å². The Bertz CT molecular complexity index is 1010. The third-order valence-electron chi connectivity index (χ3n) is 4.38. The van der Waals surface area contributed by atoms with Crippen LogP contribution in [0.5, 0.6) is 5.75 Å². The van der Waals surface area contributed by atoms with Crippen LogP contribution in [-0.2, 0) is 17.9 Å². The fourth-order valence-electron chi connectivity index (χ4n) is 2.86. The number of carbonyl (C=O) groups is 1. The standard InChI is InChI=1S/C20H22N4O2S/c1-13-4-5-16(14(2)10-13)11-21-18(25)12-24-19(22-23-20(24)27)15-6-8-17(26-3)9-7-15/h4-10H,11-12H2,1-3H3,(H,21,25)(H,23,27). The Morgan fingerprint density at radius 2 is 1.96 bits per heavy atom. The predicted octanol–water partition coefficient (Wildman–Crippen LogP) is 3.55. The fourth-order valence-corrected chi connectivity index (χ4v) is 3.06. The van der Waals surface area contributed by atoms with Gasteiger partial charge >= 0.3 is 0 Å². The zero-order chi connectivity index (χ0) is 19.4. The van der Waals surface area contributed by atoms with Crippen molar-refractivity contribution < 1.29 is 9.53 Å². The number of methoxy groups -OCH3 is 1. The highest BCUT2D eigenvalue weighted by Crippen LogP contribution is 2.20. The average Bonchev–Trinajstić information content (AvgIpc) is 3.01. The number of amides is 1. The molecule has 1 amide bonds. The molecular weight excluding hydrogens is 360 g/mol. The van der Waals surface area contributed by atoms with Crippen LogP contribution in [0.2, 0.25) is 0 Å². The van der Waals surface area contributed by atoms with Gasteiger partial charge in [-0.3, -0.25) is 14.5 Å². The highest BCUT2D eigenvalue weighted by molar-refractivity contribution is 7.71. The van der Waals surface area contributed by atoms with E-state index in [1.54, 1.807) is 11.7 Å². The largest absolute Gasteiger partial charge is 0.497 e. The molecule has 7 heteroatoms. The molecule has 0 aliphatic rings. The Kier molecular flexibility index (Phi) is 5.71. The van der Waals surface area contributed by atoms with Crippen molar-refractivity contribution >= 4 is 18.1 Å². The minimum atomic E-state index is -0.123. The molecule has 0 saturated carbocycles. The summed E-state index contributed by atoms with van der Waals surface area (Å²) >= 11 is 5.29. The number of ether oxygens (including phenoxy) is 1. The molecule has 1 heterocycles. The van der Waals surface area contributed by atoms with Crippen LogP contribution in [0.25, 0.3) is 11.4 Å². The van der Waals surface area contributed by atoms with E-state index >= 15 is 0 Å². The number of aryl methyl sites for hydroxylation is 2. The van der Waals surface area contributed by atoms with Crippen LogP contribution in [-0.4, -0.2) is 27.8 Å². The lowest BCUT2D eigenvalue weighted by Crippen LogP contribution is -2.27. The van der Waals surface area contributed by atoms with Gasteiger partial charge < -0.3 is 10.1 Å². The smallest absolute Gasteiger partial charge is 0.240 e. The average molecular weight is 382 g/mol. The van der Waals surface area contributed by atoms with Crippen molar-refractivity contribution in [3.8, 4) is 17.1 Å². The monoisotopic (exact) mass is 382 g/mol. The summed E-state index contributed by atoms with van der Waals surface area (Å²) in [5, 5.41) is 9.98. The first-order valence-electron chi connectivity index (χ1n) is 8.60. The van der Waals surface area contributed by atoms with Crippen molar-refractivity contribution in [3.63, 3.8) is 0 Å². The Labute approximate surface area is 163 Å². The molecule has 0 aliphatic carbocycles. The zero-order valence-electron chi connectivity index (χ0n) is 15.6. The van der Waals surface area contributed by atoms with E-state index < -0.39 is 0 Å². The summed E-state index contributed by atoms with van der Waals surface area (Å²) in [6, 6.07) is 13.6. The Morgan fingerprint density at radius 3 is 2.63 bits per heavy atom. The van der Waals surface area contributed by atoms with E-state index in [0.717, 1.165) is 22.4 Å². The number of aromatic amines is 1. The summed E-state index contributed by atoms with van der Waals surface area (Å²) in [5.41, 5.74) is 4.32. The van der Waals surface area contributed by atoms with Gasteiger partial charge in [-0.05, 0) is 61.5 Å².